The number of ether oxygens (including phenoxy) is 1. The largest absolute Gasteiger partial charge is 0.479 e. The molecule has 0 spiro atoms. The Bertz CT molecular complexity index is 1280. The SMILES string of the molecule is CO[C@@H]1CN(C(=O)O)[C@@](C(=O)O)(c2ccc(N3CCCC(C(N)=O)C3=O)cn2)C1N1CC(Cl)=CC=C1C(N)=O. The molecule has 0 bridgehead atoms. The van der Waals surface area contributed by atoms with Crippen LogP contribution in [-0.4, -0.2) is 93.7 Å². The minimum absolute atomic E-state index is 0.0858. The quantitative estimate of drug-likeness (QED) is 0.321. The zero-order valence-electron chi connectivity index (χ0n) is 20.8. The third kappa shape index (κ3) is 4.55. The molecule has 15 heteroatoms. The number of rotatable bonds is 7. The lowest BCUT2D eigenvalue weighted by Crippen LogP contribution is -2.62. The first-order valence-corrected chi connectivity index (χ1v) is 12.3. The highest BCUT2D eigenvalue weighted by Crippen LogP contribution is 2.45. The number of amides is 4. The molecule has 4 atom stereocenters. The van der Waals surface area contributed by atoms with Crippen LogP contribution < -0.4 is 16.4 Å². The molecule has 4 amide bonds. The van der Waals surface area contributed by atoms with Crippen molar-refractivity contribution in [1.82, 2.24) is 14.8 Å². The second-order valence-corrected chi connectivity index (χ2v) is 9.82. The molecule has 14 nitrogen and oxygen atoms in total. The zero-order valence-corrected chi connectivity index (χ0v) is 21.6. The van der Waals surface area contributed by atoms with E-state index in [0.29, 0.717) is 17.7 Å². The van der Waals surface area contributed by atoms with Crippen LogP contribution in [0.5, 0.6) is 0 Å². The molecule has 3 aliphatic rings. The number of nitrogens with zero attached hydrogens (tertiary/aromatic N) is 4. The van der Waals surface area contributed by atoms with Crippen molar-refractivity contribution >= 4 is 47.1 Å². The van der Waals surface area contributed by atoms with Crippen molar-refractivity contribution in [2.75, 3.05) is 31.6 Å². The van der Waals surface area contributed by atoms with Crippen LogP contribution >= 0.6 is 11.6 Å². The molecule has 0 aromatic carbocycles. The Morgan fingerprint density at radius 1 is 1.18 bits per heavy atom. The number of nitrogens with two attached hydrogens (primary N) is 2. The standard InChI is InChI=1S/C24H27ClN6O8/c1-39-16-11-31(23(37)38)24(22(35)36,18(16)30-10-12(25)4-6-15(30)20(27)33)17-7-5-13(9-28-17)29-8-2-3-14(19(26)32)21(29)34/h4-7,9,14,16,18H,2-3,8,10-11H2,1H3,(H2,26,32)(H2,27,33)(H,35,36)(H,37,38)/t14?,16-,18?,24+/m1/s1. The average Bonchev–Trinajstić information content (AvgIpc) is 3.25. The van der Waals surface area contributed by atoms with Gasteiger partial charge in [-0.25, -0.2) is 9.59 Å². The topological polar surface area (TPSA) is 210 Å². The van der Waals surface area contributed by atoms with Crippen LogP contribution in [0.1, 0.15) is 18.5 Å². The van der Waals surface area contributed by atoms with Crippen molar-refractivity contribution < 1.29 is 38.9 Å². The molecule has 2 unspecified atom stereocenters. The molecular weight excluding hydrogens is 536 g/mol. The van der Waals surface area contributed by atoms with Gasteiger partial charge in [0.05, 0.1) is 42.8 Å². The van der Waals surface area contributed by atoms with E-state index in [2.05, 4.69) is 4.98 Å². The number of allylic oxidation sites excluding steroid dienone is 2. The Hall–Kier alpha value is -4.17. The van der Waals surface area contributed by atoms with Gasteiger partial charge in [0.2, 0.25) is 17.4 Å². The Morgan fingerprint density at radius 3 is 2.44 bits per heavy atom. The second-order valence-electron chi connectivity index (χ2n) is 9.33. The Balaban J connectivity index is 1.85. The van der Waals surface area contributed by atoms with Gasteiger partial charge in [0.25, 0.3) is 5.91 Å². The maximum Gasteiger partial charge on any atom is 0.408 e. The number of hydrogen-bond donors (Lipinski definition) is 4. The molecule has 4 heterocycles. The molecule has 6 N–H and O–H groups in total. The fourth-order valence-electron chi connectivity index (χ4n) is 5.56. The Kier molecular flexibility index (Phi) is 7.52. The van der Waals surface area contributed by atoms with Gasteiger partial charge in [0, 0.05) is 18.7 Å². The highest BCUT2D eigenvalue weighted by Gasteiger charge is 2.66. The molecule has 0 saturated carbocycles. The van der Waals surface area contributed by atoms with Gasteiger partial charge in [-0.15, -0.1) is 0 Å². The molecule has 2 saturated heterocycles. The van der Waals surface area contributed by atoms with E-state index in [1.54, 1.807) is 0 Å². The summed E-state index contributed by atoms with van der Waals surface area (Å²) < 4.78 is 5.54. The molecule has 0 aliphatic carbocycles. The van der Waals surface area contributed by atoms with Gasteiger partial charge in [-0.1, -0.05) is 11.6 Å². The molecule has 208 valence electrons. The number of carbonyl (C=O) groups is 5. The first kappa shape index (κ1) is 27.9. The van der Waals surface area contributed by atoms with Crippen molar-refractivity contribution in [2.24, 2.45) is 17.4 Å². The summed E-state index contributed by atoms with van der Waals surface area (Å²) in [6.45, 7) is -0.228. The van der Waals surface area contributed by atoms with E-state index in [1.807, 2.05) is 0 Å². The summed E-state index contributed by atoms with van der Waals surface area (Å²) >= 11 is 6.24. The highest BCUT2D eigenvalue weighted by atomic mass is 35.5. The highest BCUT2D eigenvalue weighted by molar-refractivity contribution is 6.30. The summed E-state index contributed by atoms with van der Waals surface area (Å²) in [6, 6.07) is 1.38. The molecule has 1 aromatic heterocycles. The molecule has 0 radical (unpaired) electrons. The molecule has 2 fully saturated rings. The Labute approximate surface area is 227 Å². The van der Waals surface area contributed by atoms with E-state index in [4.69, 9.17) is 27.8 Å². The van der Waals surface area contributed by atoms with Gasteiger partial charge >= 0.3 is 12.1 Å². The number of aliphatic carboxylic acids is 1. The fraction of sp³-hybridized carbons (Fsp3) is 0.417. The number of aromatic nitrogens is 1. The van der Waals surface area contributed by atoms with Crippen LogP contribution in [0.15, 0.2) is 41.2 Å². The van der Waals surface area contributed by atoms with Crippen molar-refractivity contribution in [3.8, 4) is 0 Å². The first-order chi connectivity index (χ1) is 18.4. The average molecular weight is 563 g/mol. The number of primary amides is 2. The second kappa shape index (κ2) is 10.5. The number of piperidine rings is 1. The minimum atomic E-state index is -2.38. The summed E-state index contributed by atoms with van der Waals surface area (Å²) in [5.41, 5.74) is 8.55. The lowest BCUT2D eigenvalue weighted by atomic mass is 9.83. The summed E-state index contributed by atoms with van der Waals surface area (Å²) in [7, 11) is 1.29. The van der Waals surface area contributed by atoms with Crippen molar-refractivity contribution in [3.63, 3.8) is 0 Å². The number of pyridine rings is 1. The molecular formula is C24H27ClN6O8. The van der Waals surface area contributed by atoms with Crippen LogP contribution in [0.4, 0.5) is 10.5 Å². The number of carboxylic acids is 1. The van der Waals surface area contributed by atoms with Gasteiger partial charge < -0.3 is 36.2 Å². The van der Waals surface area contributed by atoms with E-state index >= 15 is 0 Å². The van der Waals surface area contributed by atoms with Gasteiger partial charge in [-0.05, 0) is 37.1 Å². The third-order valence-corrected chi connectivity index (χ3v) is 7.55. The number of halogens is 1. The number of anilines is 1. The number of likely N-dealkylation sites (tertiary alicyclic amines) is 1. The molecule has 1 aromatic rings. The van der Waals surface area contributed by atoms with Gasteiger partial charge in [0.1, 0.15) is 11.6 Å². The van der Waals surface area contributed by atoms with E-state index < -0.39 is 53.4 Å². The fourth-order valence-corrected chi connectivity index (χ4v) is 5.75. The maximum absolute atomic E-state index is 13.1. The molecule has 3 aliphatic heterocycles. The van der Waals surface area contributed by atoms with E-state index in [9.17, 15) is 34.2 Å². The monoisotopic (exact) mass is 562 g/mol. The number of carboxylic acid groups (broad SMARTS) is 2. The van der Waals surface area contributed by atoms with Crippen LogP contribution in [0.2, 0.25) is 0 Å². The van der Waals surface area contributed by atoms with Crippen molar-refractivity contribution in [1.29, 1.82) is 0 Å². The lowest BCUT2D eigenvalue weighted by molar-refractivity contribution is -0.154. The number of carbonyl (C=O) groups excluding carboxylic acids is 3. The number of hydrogen-bond acceptors (Lipinski definition) is 8. The van der Waals surface area contributed by atoms with E-state index in [0.717, 1.165) is 0 Å². The van der Waals surface area contributed by atoms with E-state index in [1.165, 1.54) is 47.4 Å². The molecule has 4 rings (SSSR count). The first-order valence-electron chi connectivity index (χ1n) is 11.9. The summed E-state index contributed by atoms with van der Waals surface area (Å²) in [5, 5.41) is 21.0. The predicted molar refractivity (Wildman–Crippen MR) is 135 cm³/mol. The van der Waals surface area contributed by atoms with Crippen LogP contribution in [-0.2, 0) is 29.5 Å². The van der Waals surface area contributed by atoms with Crippen molar-refractivity contribution in [3.05, 3.63) is 46.9 Å². The van der Waals surface area contributed by atoms with Gasteiger partial charge in [0.15, 0.2) is 0 Å². The summed E-state index contributed by atoms with van der Waals surface area (Å²) in [5.74, 6) is -4.71. The third-order valence-electron chi connectivity index (χ3n) is 7.30. The number of methoxy groups -OCH3 is 1. The molecule has 39 heavy (non-hydrogen) atoms. The van der Waals surface area contributed by atoms with Gasteiger partial charge in [-0.3, -0.25) is 24.3 Å². The summed E-state index contributed by atoms with van der Waals surface area (Å²) in [4.78, 5) is 70.1. The summed E-state index contributed by atoms with van der Waals surface area (Å²) in [6.07, 6.45) is 2.21. The lowest BCUT2D eigenvalue weighted by Gasteiger charge is -2.44. The van der Waals surface area contributed by atoms with Gasteiger partial charge in [-0.2, -0.15) is 0 Å². The minimum Gasteiger partial charge on any atom is -0.479 e. The predicted octanol–water partition coefficient (Wildman–Crippen LogP) is -0.225. The smallest absolute Gasteiger partial charge is 0.408 e. The van der Waals surface area contributed by atoms with E-state index in [-0.39, 0.29) is 41.7 Å². The Morgan fingerprint density at radius 2 is 1.90 bits per heavy atom. The normalized spacial score (nSPS) is 27.2. The van der Waals surface area contributed by atoms with Crippen LogP contribution in [0.25, 0.3) is 0 Å². The maximum atomic E-state index is 13.1. The van der Waals surface area contributed by atoms with Crippen molar-refractivity contribution in [2.45, 2.75) is 30.5 Å². The van der Waals surface area contributed by atoms with Crippen LogP contribution in [0.3, 0.4) is 0 Å². The zero-order chi connectivity index (χ0) is 28.6. The van der Waals surface area contributed by atoms with Crippen LogP contribution in [0, 0.1) is 5.92 Å².